The number of nitrogens with one attached hydrogen (secondary N) is 1. The van der Waals surface area contributed by atoms with E-state index in [9.17, 15) is 9.59 Å². The van der Waals surface area contributed by atoms with Gasteiger partial charge in [-0.05, 0) is 61.2 Å². The number of aldehydes is 1. The lowest BCUT2D eigenvalue weighted by Gasteiger charge is -2.13. The van der Waals surface area contributed by atoms with Crippen molar-refractivity contribution in [2.24, 2.45) is 0 Å². The van der Waals surface area contributed by atoms with Gasteiger partial charge in [0.05, 0.1) is 14.2 Å². The number of carbonyl (C=O) groups is 2. The predicted octanol–water partition coefficient (Wildman–Crippen LogP) is 2.87. The standard InChI is InChI=1S/C21H25NO5/c1-14-9-17(12-23)10-15(2)21(14)27-13-20(24)22-8-7-16-5-6-18(25-3)19(11-16)26-4/h5-6,9-12H,7-8,13H2,1-4H3,(H,22,24). The van der Waals surface area contributed by atoms with Crippen molar-refractivity contribution in [2.45, 2.75) is 20.3 Å². The fraction of sp³-hybridized carbons (Fsp3) is 0.333. The number of ether oxygens (including phenoxy) is 3. The highest BCUT2D eigenvalue weighted by molar-refractivity contribution is 5.78. The first-order valence-corrected chi connectivity index (χ1v) is 8.65. The van der Waals surface area contributed by atoms with E-state index in [1.54, 1.807) is 26.4 Å². The minimum absolute atomic E-state index is 0.0753. The molecule has 27 heavy (non-hydrogen) atoms. The second-order valence-electron chi connectivity index (χ2n) is 6.18. The predicted molar refractivity (Wildman–Crippen MR) is 103 cm³/mol. The molecular weight excluding hydrogens is 346 g/mol. The summed E-state index contributed by atoms with van der Waals surface area (Å²) in [4.78, 5) is 22.9. The normalized spacial score (nSPS) is 10.2. The van der Waals surface area contributed by atoms with Crippen LogP contribution in [-0.2, 0) is 11.2 Å². The molecule has 0 aliphatic carbocycles. The summed E-state index contributed by atoms with van der Waals surface area (Å²) < 4.78 is 16.1. The van der Waals surface area contributed by atoms with E-state index in [0.29, 0.717) is 35.8 Å². The number of rotatable bonds is 9. The van der Waals surface area contributed by atoms with Gasteiger partial charge in [-0.25, -0.2) is 0 Å². The van der Waals surface area contributed by atoms with E-state index in [1.807, 2.05) is 32.0 Å². The minimum atomic E-state index is -0.200. The molecule has 0 saturated heterocycles. The Morgan fingerprint density at radius 3 is 2.30 bits per heavy atom. The smallest absolute Gasteiger partial charge is 0.257 e. The van der Waals surface area contributed by atoms with Crippen molar-refractivity contribution in [2.75, 3.05) is 27.4 Å². The lowest BCUT2D eigenvalue weighted by Crippen LogP contribution is -2.30. The van der Waals surface area contributed by atoms with Gasteiger partial charge in [-0.1, -0.05) is 6.07 Å². The molecule has 0 atom stereocenters. The van der Waals surface area contributed by atoms with Crippen LogP contribution in [0.25, 0.3) is 0 Å². The van der Waals surface area contributed by atoms with Crippen LogP contribution in [-0.4, -0.2) is 39.6 Å². The van der Waals surface area contributed by atoms with Crippen LogP contribution in [0.5, 0.6) is 17.2 Å². The second kappa shape index (κ2) is 9.62. The Morgan fingerprint density at radius 1 is 1.04 bits per heavy atom. The maximum absolute atomic E-state index is 12.0. The Morgan fingerprint density at radius 2 is 1.70 bits per heavy atom. The van der Waals surface area contributed by atoms with Crippen molar-refractivity contribution in [1.29, 1.82) is 0 Å². The van der Waals surface area contributed by atoms with Crippen LogP contribution < -0.4 is 19.5 Å². The Hall–Kier alpha value is -3.02. The largest absolute Gasteiger partial charge is 0.493 e. The Bertz CT molecular complexity index is 793. The molecule has 6 nitrogen and oxygen atoms in total. The first-order valence-electron chi connectivity index (χ1n) is 8.65. The summed E-state index contributed by atoms with van der Waals surface area (Å²) in [5, 5.41) is 2.84. The minimum Gasteiger partial charge on any atom is -0.493 e. The highest BCUT2D eigenvalue weighted by atomic mass is 16.5. The van der Waals surface area contributed by atoms with Crippen LogP contribution in [0.15, 0.2) is 30.3 Å². The maximum Gasteiger partial charge on any atom is 0.257 e. The van der Waals surface area contributed by atoms with Gasteiger partial charge >= 0.3 is 0 Å². The number of methoxy groups -OCH3 is 2. The fourth-order valence-corrected chi connectivity index (χ4v) is 2.85. The molecule has 144 valence electrons. The highest BCUT2D eigenvalue weighted by Crippen LogP contribution is 2.27. The molecule has 1 N–H and O–H groups in total. The third-order valence-corrected chi connectivity index (χ3v) is 4.15. The molecule has 1 amide bonds. The number of benzene rings is 2. The zero-order valence-corrected chi connectivity index (χ0v) is 16.1. The number of hydrogen-bond acceptors (Lipinski definition) is 5. The van der Waals surface area contributed by atoms with Crippen molar-refractivity contribution in [3.05, 3.63) is 52.6 Å². The summed E-state index contributed by atoms with van der Waals surface area (Å²) >= 11 is 0. The fourth-order valence-electron chi connectivity index (χ4n) is 2.85. The lowest BCUT2D eigenvalue weighted by atomic mass is 10.1. The van der Waals surface area contributed by atoms with E-state index >= 15 is 0 Å². The van der Waals surface area contributed by atoms with Gasteiger partial charge in [-0.2, -0.15) is 0 Å². The van der Waals surface area contributed by atoms with Crippen molar-refractivity contribution in [3.63, 3.8) is 0 Å². The zero-order valence-electron chi connectivity index (χ0n) is 16.1. The Kier molecular flexibility index (Phi) is 7.23. The van der Waals surface area contributed by atoms with Crippen LogP contribution in [0.4, 0.5) is 0 Å². The van der Waals surface area contributed by atoms with Gasteiger partial charge in [0.15, 0.2) is 18.1 Å². The highest BCUT2D eigenvalue weighted by Gasteiger charge is 2.10. The van der Waals surface area contributed by atoms with Crippen molar-refractivity contribution < 1.29 is 23.8 Å². The second-order valence-corrected chi connectivity index (χ2v) is 6.18. The van der Waals surface area contributed by atoms with E-state index in [4.69, 9.17) is 14.2 Å². The van der Waals surface area contributed by atoms with Gasteiger partial charge in [0.2, 0.25) is 0 Å². The van der Waals surface area contributed by atoms with Crippen LogP contribution in [0.1, 0.15) is 27.0 Å². The molecule has 6 heteroatoms. The molecule has 2 aromatic carbocycles. The molecule has 0 spiro atoms. The maximum atomic E-state index is 12.0. The third-order valence-electron chi connectivity index (χ3n) is 4.15. The van der Waals surface area contributed by atoms with Crippen LogP contribution >= 0.6 is 0 Å². The summed E-state index contributed by atoms with van der Waals surface area (Å²) in [5.74, 6) is 1.77. The molecule has 0 heterocycles. The van der Waals surface area contributed by atoms with Gasteiger partial charge in [-0.15, -0.1) is 0 Å². The topological polar surface area (TPSA) is 73.9 Å². The van der Waals surface area contributed by atoms with E-state index < -0.39 is 0 Å². The van der Waals surface area contributed by atoms with Crippen molar-refractivity contribution >= 4 is 12.2 Å². The zero-order chi connectivity index (χ0) is 19.8. The third kappa shape index (κ3) is 5.48. The molecule has 0 saturated carbocycles. The number of aryl methyl sites for hydroxylation is 2. The van der Waals surface area contributed by atoms with Crippen LogP contribution in [0.3, 0.4) is 0 Å². The molecular formula is C21H25NO5. The van der Waals surface area contributed by atoms with Crippen LogP contribution in [0.2, 0.25) is 0 Å². The summed E-state index contributed by atoms with van der Waals surface area (Å²) in [7, 11) is 3.18. The molecule has 0 bridgehead atoms. The molecule has 0 radical (unpaired) electrons. The molecule has 2 rings (SSSR count). The van der Waals surface area contributed by atoms with E-state index in [2.05, 4.69) is 5.32 Å². The molecule has 0 aromatic heterocycles. The molecule has 0 unspecified atom stereocenters. The summed E-state index contributed by atoms with van der Waals surface area (Å²) in [6.45, 7) is 4.11. The first-order chi connectivity index (χ1) is 13.0. The number of hydrogen-bond donors (Lipinski definition) is 1. The first kappa shape index (κ1) is 20.3. The Balaban J connectivity index is 1.84. The number of carbonyl (C=O) groups excluding carboxylic acids is 2. The van der Waals surface area contributed by atoms with E-state index in [1.165, 1.54) is 0 Å². The molecule has 2 aromatic rings. The van der Waals surface area contributed by atoms with Crippen LogP contribution in [0, 0.1) is 13.8 Å². The van der Waals surface area contributed by atoms with Gasteiger partial charge < -0.3 is 19.5 Å². The molecule has 0 aliphatic heterocycles. The van der Waals surface area contributed by atoms with E-state index in [0.717, 1.165) is 23.0 Å². The van der Waals surface area contributed by atoms with E-state index in [-0.39, 0.29) is 12.5 Å². The summed E-state index contributed by atoms with van der Waals surface area (Å²) in [6.07, 6.45) is 1.46. The van der Waals surface area contributed by atoms with Gasteiger partial charge in [0, 0.05) is 12.1 Å². The monoisotopic (exact) mass is 371 g/mol. The van der Waals surface area contributed by atoms with Gasteiger partial charge in [-0.3, -0.25) is 9.59 Å². The van der Waals surface area contributed by atoms with Gasteiger partial charge in [0.25, 0.3) is 5.91 Å². The average molecular weight is 371 g/mol. The molecule has 0 fully saturated rings. The van der Waals surface area contributed by atoms with Crippen molar-refractivity contribution in [1.82, 2.24) is 5.32 Å². The van der Waals surface area contributed by atoms with Gasteiger partial charge in [0.1, 0.15) is 12.0 Å². The average Bonchev–Trinajstić information content (AvgIpc) is 2.66. The van der Waals surface area contributed by atoms with Crippen molar-refractivity contribution in [3.8, 4) is 17.2 Å². The SMILES string of the molecule is COc1ccc(CCNC(=O)COc2c(C)cc(C=O)cc2C)cc1OC. The summed E-state index contributed by atoms with van der Waals surface area (Å²) in [6, 6.07) is 9.15. The quantitative estimate of drug-likeness (QED) is 0.686. The number of amides is 1. The summed E-state index contributed by atoms with van der Waals surface area (Å²) in [5.41, 5.74) is 3.28. The Labute approximate surface area is 159 Å². The molecule has 0 aliphatic rings. The lowest BCUT2D eigenvalue weighted by molar-refractivity contribution is -0.123.